The number of halogens is 2. The number of hydrogen-bond acceptors (Lipinski definition) is 5. The van der Waals surface area contributed by atoms with Crippen LogP contribution in [0, 0.1) is 11.7 Å². The summed E-state index contributed by atoms with van der Waals surface area (Å²) in [6.07, 6.45) is -0.0595. The summed E-state index contributed by atoms with van der Waals surface area (Å²) in [5.74, 6) is -2.09. The average Bonchev–Trinajstić information content (AvgIpc) is 2.86. The lowest BCUT2D eigenvalue weighted by molar-refractivity contribution is -0.117. The molecule has 1 amide bonds. The lowest BCUT2D eigenvalue weighted by Gasteiger charge is -2.29. The van der Waals surface area contributed by atoms with Crippen LogP contribution in [0.3, 0.4) is 0 Å². The minimum Gasteiger partial charge on any atom is -0.378 e. The number of rotatable bonds is 4. The number of benzene rings is 1. The van der Waals surface area contributed by atoms with E-state index in [4.69, 9.17) is 4.74 Å². The van der Waals surface area contributed by atoms with Crippen LogP contribution in [-0.2, 0) is 19.8 Å². The Bertz CT molecular complexity index is 735. The van der Waals surface area contributed by atoms with Crippen LogP contribution in [0.25, 0.3) is 0 Å². The first-order valence-electron chi connectivity index (χ1n) is 7.68. The number of anilines is 2. The van der Waals surface area contributed by atoms with E-state index in [1.807, 2.05) is 4.90 Å². The van der Waals surface area contributed by atoms with Gasteiger partial charge in [0.1, 0.15) is 5.82 Å². The zero-order chi connectivity index (χ0) is 17.3. The standard InChI is InChI=1S/C15H18F2N2O4S/c16-13-8-12(1-2-14(13)18-3-5-23-6-4-18)19-9-11(7-15(19)20)10-24(17,21)22/h1-2,8,11H,3-7,9-10H2. The smallest absolute Gasteiger partial charge is 0.302 e. The van der Waals surface area contributed by atoms with Crippen LogP contribution in [0.4, 0.5) is 19.7 Å². The maximum absolute atomic E-state index is 14.4. The van der Waals surface area contributed by atoms with Gasteiger partial charge in [0.25, 0.3) is 0 Å². The third-order valence-electron chi connectivity index (χ3n) is 4.23. The topological polar surface area (TPSA) is 66.9 Å². The van der Waals surface area contributed by atoms with Crippen LogP contribution in [-0.4, -0.2) is 52.9 Å². The number of nitrogens with zero attached hydrogens (tertiary/aromatic N) is 2. The summed E-state index contributed by atoms with van der Waals surface area (Å²) in [6.45, 7) is 2.32. The summed E-state index contributed by atoms with van der Waals surface area (Å²) in [4.78, 5) is 15.2. The third-order valence-corrected chi connectivity index (χ3v) is 5.10. The summed E-state index contributed by atoms with van der Waals surface area (Å²) < 4.78 is 53.9. The van der Waals surface area contributed by atoms with Gasteiger partial charge in [0.05, 0.1) is 24.7 Å². The van der Waals surface area contributed by atoms with E-state index in [-0.39, 0.29) is 18.9 Å². The molecule has 1 aromatic rings. The first kappa shape index (κ1) is 17.1. The minimum absolute atomic E-state index is 0.0595. The van der Waals surface area contributed by atoms with Crippen molar-refractivity contribution in [1.82, 2.24) is 0 Å². The van der Waals surface area contributed by atoms with E-state index in [1.165, 1.54) is 11.0 Å². The van der Waals surface area contributed by atoms with E-state index < -0.39 is 27.7 Å². The average molecular weight is 360 g/mol. The lowest BCUT2D eigenvalue weighted by atomic mass is 10.1. The van der Waals surface area contributed by atoms with Crippen LogP contribution in [0.15, 0.2) is 18.2 Å². The number of morpholine rings is 1. The van der Waals surface area contributed by atoms with Crippen LogP contribution in [0.1, 0.15) is 6.42 Å². The van der Waals surface area contributed by atoms with E-state index >= 15 is 0 Å². The van der Waals surface area contributed by atoms with Gasteiger partial charge in [0, 0.05) is 37.7 Å². The summed E-state index contributed by atoms with van der Waals surface area (Å²) >= 11 is 0. The van der Waals surface area contributed by atoms with E-state index in [9.17, 15) is 21.5 Å². The quantitative estimate of drug-likeness (QED) is 0.758. The molecule has 2 aliphatic rings. The van der Waals surface area contributed by atoms with Crippen molar-refractivity contribution in [2.24, 2.45) is 5.92 Å². The molecule has 0 bridgehead atoms. The zero-order valence-electron chi connectivity index (χ0n) is 13.0. The largest absolute Gasteiger partial charge is 0.378 e. The highest BCUT2D eigenvalue weighted by molar-refractivity contribution is 7.86. The normalized spacial score (nSPS) is 22.2. The number of ether oxygens (including phenoxy) is 1. The highest BCUT2D eigenvalue weighted by Crippen LogP contribution is 2.30. The second-order valence-corrected chi connectivity index (χ2v) is 7.43. The summed E-state index contributed by atoms with van der Waals surface area (Å²) in [5.41, 5.74) is 0.796. The molecule has 0 aliphatic carbocycles. The van der Waals surface area contributed by atoms with Crippen LogP contribution in [0.5, 0.6) is 0 Å². The molecule has 1 aromatic carbocycles. The molecule has 0 spiro atoms. The Morgan fingerprint density at radius 1 is 1.25 bits per heavy atom. The van der Waals surface area contributed by atoms with Crippen molar-refractivity contribution in [3.63, 3.8) is 0 Å². The molecule has 2 saturated heterocycles. The van der Waals surface area contributed by atoms with Crippen molar-refractivity contribution in [2.75, 3.05) is 48.4 Å². The Labute approximate surface area is 139 Å². The molecular weight excluding hydrogens is 342 g/mol. The van der Waals surface area contributed by atoms with Crippen molar-refractivity contribution < 1.29 is 26.2 Å². The van der Waals surface area contributed by atoms with Gasteiger partial charge in [-0.25, -0.2) is 4.39 Å². The molecule has 0 aromatic heterocycles. The Kier molecular flexibility index (Phi) is 4.73. The molecule has 2 fully saturated rings. The monoisotopic (exact) mass is 360 g/mol. The van der Waals surface area contributed by atoms with Gasteiger partial charge in [-0.2, -0.15) is 8.42 Å². The second kappa shape index (κ2) is 6.64. The van der Waals surface area contributed by atoms with Gasteiger partial charge in [0.2, 0.25) is 5.91 Å². The number of amides is 1. The minimum atomic E-state index is -4.64. The Balaban J connectivity index is 1.75. The fraction of sp³-hybridized carbons (Fsp3) is 0.533. The van der Waals surface area contributed by atoms with Gasteiger partial charge in [-0.3, -0.25) is 4.79 Å². The fourth-order valence-electron chi connectivity index (χ4n) is 3.15. The van der Waals surface area contributed by atoms with E-state index in [0.717, 1.165) is 0 Å². The Morgan fingerprint density at radius 2 is 1.96 bits per heavy atom. The molecule has 0 saturated carbocycles. The maximum atomic E-state index is 14.4. The summed E-state index contributed by atoms with van der Waals surface area (Å²) in [6, 6.07) is 4.48. The van der Waals surface area contributed by atoms with Gasteiger partial charge in [-0.15, -0.1) is 3.89 Å². The van der Waals surface area contributed by atoms with Gasteiger partial charge in [-0.1, -0.05) is 0 Å². The molecule has 6 nitrogen and oxygen atoms in total. The third kappa shape index (κ3) is 3.84. The second-order valence-electron chi connectivity index (χ2n) is 6.02. The molecule has 132 valence electrons. The van der Waals surface area contributed by atoms with Crippen molar-refractivity contribution in [2.45, 2.75) is 6.42 Å². The Morgan fingerprint density at radius 3 is 2.58 bits per heavy atom. The predicted molar refractivity (Wildman–Crippen MR) is 84.8 cm³/mol. The maximum Gasteiger partial charge on any atom is 0.302 e. The molecule has 1 atom stereocenters. The summed E-state index contributed by atoms with van der Waals surface area (Å²) in [7, 11) is -4.64. The van der Waals surface area contributed by atoms with E-state index in [2.05, 4.69) is 0 Å². The van der Waals surface area contributed by atoms with Crippen molar-refractivity contribution in [3.05, 3.63) is 24.0 Å². The van der Waals surface area contributed by atoms with Crippen molar-refractivity contribution in [3.8, 4) is 0 Å². The molecule has 9 heteroatoms. The predicted octanol–water partition coefficient (Wildman–Crippen LogP) is 1.31. The molecule has 0 radical (unpaired) electrons. The van der Waals surface area contributed by atoms with Crippen molar-refractivity contribution in [1.29, 1.82) is 0 Å². The first-order valence-corrected chi connectivity index (χ1v) is 9.24. The molecule has 2 heterocycles. The lowest BCUT2D eigenvalue weighted by Crippen LogP contribution is -2.36. The van der Waals surface area contributed by atoms with Gasteiger partial charge < -0.3 is 14.5 Å². The number of carbonyl (C=O) groups is 1. The first-order chi connectivity index (χ1) is 11.3. The van der Waals surface area contributed by atoms with E-state index in [0.29, 0.717) is 37.7 Å². The SMILES string of the molecule is O=C1CC(CS(=O)(=O)F)CN1c1ccc(N2CCOCC2)c(F)c1. The number of hydrogen-bond donors (Lipinski definition) is 0. The highest BCUT2D eigenvalue weighted by atomic mass is 32.3. The summed E-state index contributed by atoms with van der Waals surface area (Å²) in [5, 5.41) is 0. The highest BCUT2D eigenvalue weighted by Gasteiger charge is 2.34. The zero-order valence-corrected chi connectivity index (χ0v) is 13.8. The fourth-order valence-corrected chi connectivity index (χ4v) is 3.94. The number of carbonyl (C=O) groups excluding carboxylic acids is 1. The van der Waals surface area contributed by atoms with Crippen LogP contribution >= 0.6 is 0 Å². The van der Waals surface area contributed by atoms with Crippen molar-refractivity contribution >= 4 is 27.5 Å². The van der Waals surface area contributed by atoms with Gasteiger partial charge in [-0.05, 0) is 18.2 Å². The van der Waals surface area contributed by atoms with Crippen LogP contribution in [0.2, 0.25) is 0 Å². The van der Waals surface area contributed by atoms with Gasteiger partial charge >= 0.3 is 10.2 Å². The van der Waals surface area contributed by atoms with E-state index in [1.54, 1.807) is 12.1 Å². The molecule has 24 heavy (non-hydrogen) atoms. The van der Waals surface area contributed by atoms with Gasteiger partial charge in [0.15, 0.2) is 0 Å². The molecular formula is C15H18F2N2O4S. The molecule has 3 rings (SSSR count). The Hall–Kier alpha value is -1.74. The molecule has 0 N–H and O–H groups in total. The molecule has 1 unspecified atom stereocenters. The van der Waals surface area contributed by atoms with Crippen LogP contribution < -0.4 is 9.80 Å². The molecule has 2 aliphatic heterocycles.